The fraction of sp³-hybridized carbons (Fsp3) is 0.292. The Morgan fingerprint density at radius 2 is 1.90 bits per heavy atom. The SMILES string of the molecule is O=C(Nc1cccc(S(=O)(=O)NCCCN2CCCC2=O)c1)Oc1cnn(-c2ccc(Cl)cc2)c1C(F)(F)F. The van der Waals surface area contributed by atoms with Crippen molar-refractivity contribution in [2.45, 2.75) is 30.3 Å². The molecule has 1 saturated heterocycles. The monoisotopic (exact) mass is 585 g/mol. The lowest BCUT2D eigenvalue weighted by Gasteiger charge is -2.15. The van der Waals surface area contributed by atoms with Crippen LogP contribution >= 0.6 is 11.6 Å². The molecule has 2 aromatic carbocycles. The predicted octanol–water partition coefficient (Wildman–Crippen LogP) is 4.45. The number of rotatable bonds is 9. The number of sulfonamides is 1. The van der Waals surface area contributed by atoms with E-state index < -0.39 is 33.7 Å². The Morgan fingerprint density at radius 3 is 2.56 bits per heavy atom. The van der Waals surface area contributed by atoms with Gasteiger partial charge < -0.3 is 9.64 Å². The first-order chi connectivity index (χ1) is 18.4. The molecule has 0 radical (unpaired) electrons. The lowest BCUT2D eigenvalue weighted by molar-refractivity contribution is -0.143. The van der Waals surface area contributed by atoms with Gasteiger partial charge in [-0.3, -0.25) is 10.1 Å². The molecule has 39 heavy (non-hydrogen) atoms. The summed E-state index contributed by atoms with van der Waals surface area (Å²) in [6.45, 7) is 1.18. The number of likely N-dealkylation sites (tertiary alicyclic amines) is 1. The molecule has 1 aliphatic rings. The number of hydrogen-bond donors (Lipinski definition) is 2. The van der Waals surface area contributed by atoms with Crippen LogP contribution in [0.2, 0.25) is 5.02 Å². The maximum Gasteiger partial charge on any atom is 0.437 e. The second kappa shape index (κ2) is 11.6. The van der Waals surface area contributed by atoms with Crippen LogP contribution in [-0.4, -0.2) is 54.7 Å². The van der Waals surface area contributed by atoms with Crippen molar-refractivity contribution in [1.29, 1.82) is 0 Å². The number of anilines is 1. The summed E-state index contributed by atoms with van der Waals surface area (Å²) in [5, 5.41) is 6.23. The molecular weight excluding hydrogens is 563 g/mol. The van der Waals surface area contributed by atoms with Crippen molar-refractivity contribution in [1.82, 2.24) is 19.4 Å². The number of benzene rings is 2. The normalized spacial score (nSPS) is 14.1. The highest BCUT2D eigenvalue weighted by Gasteiger charge is 2.40. The van der Waals surface area contributed by atoms with Crippen LogP contribution < -0.4 is 14.8 Å². The minimum atomic E-state index is -4.92. The summed E-state index contributed by atoms with van der Waals surface area (Å²) in [6.07, 6.45) is -3.76. The number of halogens is 4. The fourth-order valence-electron chi connectivity index (χ4n) is 3.93. The number of carbonyl (C=O) groups excluding carboxylic acids is 2. The molecular formula is C24H23ClF3N5O5S. The molecule has 0 spiro atoms. The van der Waals surface area contributed by atoms with Gasteiger partial charge in [0.05, 0.1) is 16.8 Å². The Bertz CT molecular complexity index is 1460. The number of amides is 2. The number of carbonyl (C=O) groups is 2. The second-order valence-corrected chi connectivity index (χ2v) is 10.7. The van der Waals surface area contributed by atoms with Crippen molar-refractivity contribution in [2.75, 3.05) is 25.0 Å². The van der Waals surface area contributed by atoms with E-state index >= 15 is 0 Å². The van der Waals surface area contributed by atoms with Crippen molar-refractivity contribution in [3.8, 4) is 11.4 Å². The van der Waals surface area contributed by atoms with E-state index in [1.54, 1.807) is 4.90 Å². The van der Waals surface area contributed by atoms with Crippen LogP contribution in [0.1, 0.15) is 25.0 Å². The largest absolute Gasteiger partial charge is 0.437 e. The smallest absolute Gasteiger partial charge is 0.406 e. The third kappa shape index (κ3) is 7.07. The van der Waals surface area contributed by atoms with Crippen molar-refractivity contribution >= 4 is 39.3 Å². The molecule has 0 bridgehead atoms. The molecule has 2 amide bonds. The zero-order valence-corrected chi connectivity index (χ0v) is 21.8. The molecule has 3 aromatic rings. The van der Waals surface area contributed by atoms with Gasteiger partial charge in [-0.1, -0.05) is 17.7 Å². The van der Waals surface area contributed by atoms with Crippen LogP contribution in [0.15, 0.2) is 59.6 Å². The third-order valence-corrected chi connectivity index (χ3v) is 7.45. The highest BCUT2D eigenvalue weighted by molar-refractivity contribution is 7.89. The maximum atomic E-state index is 13.8. The van der Waals surface area contributed by atoms with Crippen LogP contribution in [-0.2, 0) is 21.0 Å². The second-order valence-electron chi connectivity index (χ2n) is 8.52. The van der Waals surface area contributed by atoms with E-state index in [-0.39, 0.29) is 28.7 Å². The molecule has 0 unspecified atom stereocenters. The van der Waals surface area contributed by atoms with Gasteiger partial charge in [-0.15, -0.1) is 0 Å². The van der Waals surface area contributed by atoms with Gasteiger partial charge in [-0.2, -0.15) is 18.3 Å². The Labute approximate surface area is 226 Å². The highest BCUT2D eigenvalue weighted by atomic mass is 35.5. The molecule has 4 rings (SSSR count). The molecule has 1 fully saturated rings. The summed E-state index contributed by atoms with van der Waals surface area (Å²) in [6, 6.07) is 10.5. The first-order valence-electron chi connectivity index (χ1n) is 11.7. The standard InChI is InChI=1S/C24H23ClF3N5O5S/c25-16-7-9-18(10-8-16)33-22(24(26,27)28)20(15-29-33)38-23(35)31-17-4-1-5-19(14-17)39(36,37)30-11-3-13-32-12-2-6-21(32)34/h1,4-5,7-10,14-15,30H,2-3,6,11-13H2,(H,31,35). The summed E-state index contributed by atoms with van der Waals surface area (Å²) >= 11 is 5.80. The van der Waals surface area contributed by atoms with Crippen LogP contribution in [0, 0.1) is 0 Å². The van der Waals surface area contributed by atoms with E-state index in [0.717, 1.165) is 18.7 Å². The first kappa shape index (κ1) is 28.4. The van der Waals surface area contributed by atoms with Crippen molar-refractivity contribution < 1.29 is 35.9 Å². The molecule has 0 saturated carbocycles. The van der Waals surface area contributed by atoms with Crippen LogP contribution in [0.4, 0.5) is 23.7 Å². The van der Waals surface area contributed by atoms with Gasteiger partial charge in [0.25, 0.3) is 0 Å². The molecule has 1 aromatic heterocycles. The fourth-order valence-corrected chi connectivity index (χ4v) is 5.18. The van der Waals surface area contributed by atoms with E-state index in [1.165, 1.54) is 42.5 Å². The molecule has 2 N–H and O–H groups in total. The number of nitrogens with one attached hydrogen (secondary N) is 2. The van der Waals surface area contributed by atoms with Gasteiger partial charge >= 0.3 is 12.3 Å². The number of ether oxygens (including phenoxy) is 1. The van der Waals surface area contributed by atoms with Gasteiger partial charge in [0, 0.05) is 36.8 Å². The quantitative estimate of drug-likeness (QED) is 0.358. The third-order valence-electron chi connectivity index (χ3n) is 5.74. The van der Waals surface area contributed by atoms with E-state index in [4.69, 9.17) is 16.3 Å². The van der Waals surface area contributed by atoms with Crippen molar-refractivity contribution in [3.63, 3.8) is 0 Å². The average molecular weight is 586 g/mol. The Balaban J connectivity index is 1.41. The van der Waals surface area contributed by atoms with Gasteiger partial charge in [-0.25, -0.2) is 22.6 Å². The molecule has 208 valence electrons. The van der Waals surface area contributed by atoms with Crippen LogP contribution in [0.5, 0.6) is 5.75 Å². The molecule has 0 atom stereocenters. The Morgan fingerprint density at radius 1 is 1.15 bits per heavy atom. The lowest BCUT2D eigenvalue weighted by atomic mass is 10.3. The van der Waals surface area contributed by atoms with Crippen molar-refractivity contribution in [2.24, 2.45) is 0 Å². The Hall–Kier alpha value is -3.62. The van der Waals surface area contributed by atoms with E-state index in [0.29, 0.717) is 35.6 Å². The molecule has 1 aliphatic heterocycles. The van der Waals surface area contributed by atoms with E-state index in [9.17, 15) is 31.2 Å². The maximum absolute atomic E-state index is 13.8. The zero-order chi connectivity index (χ0) is 28.2. The summed E-state index contributed by atoms with van der Waals surface area (Å²) in [7, 11) is -3.96. The first-order valence-corrected chi connectivity index (χ1v) is 13.6. The number of hydrogen-bond acceptors (Lipinski definition) is 6. The predicted molar refractivity (Wildman–Crippen MR) is 135 cm³/mol. The number of alkyl halides is 3. The molecule has 0 aliphatic carbocycles. The Kier molecular flexibility index (Phi) is 8.47. The zero-order valence-electron chi connectivity index (χ0n) is 20.2. The minimum absolute atomic E-state index is 0.0239. The average Bonchev–Trinajstić information content (AvgIpc) is 3.48. The van der Waals surface area contributed by atoms with Gasteiger partial charge in [0.15, 0.2) is 11.4 Å². The van der Waals surface area contributed by atoms with Gasteiger partial charge in [0.1, 0.15) is 0 Å². The highest BCUT2D eigenvalue weighted by Crippen LogP contribution is 2.38. The summed E-state index contributed by atoms with van der Waals surface area (Å²) in [5.74, 6) is -0.805. The van der Waals surface area contributed by atoms with Gasteiger partial charge in [0.2, 0.25) is 15.9 Å². The van der Waals surface area contributed by atoms with Crippen LogP contribution in [0.3, 0.4) is 0 Å². The topological polar surface area (TPSA) is 123 Å². The summed E-state index contributed by atoms with van der Waals surface area (Å²) in [5.41, 5.74) is -1.31. The van der Waals surface area contributed by atoms with Gasteiger partial charge in [-0.05, 0) is 55.3 Å². The number of aromatic nitrogens is 2. The van der Waals surface area contributed by atoms with Crippen LogP contribution in [0.25, 0.3) is 5.69 Å². The molecule has 10 nitrogen and oxygen atoms in total. The summed E-state index contributed by atoms with van der Waals surface area (Å²) in [4.78, 5) is 25.6. The molecule has 15 heteroatoms. The van der Waals surface area contributed by atoms with E-state index in [1.807, 2.05) is 0 Å². The van der Waals surface area contributed by atoms with E-state index in [2.05, 4.69) is 15.1 Å². The molecule has 2 heterocycles. The lowest BCUT2D eigenvalue weighted by Crippen LogP contribution is -2.30. The summed E-state index contributed by atoms with van der Waals surface area (Å²) < 4.78 is 74.6. The van der Waals surface area contributed by atoms with Crippen molar-refractivity contribution in [3.05, 3.63) is 65.4 Å². The minimum Gasteiger partial charge on any atom is -0.406 e. The number of nitrogens with zero attached hydrogens (tertiary/aromatic N) is 3.